The fourth-order valence-corrected chi connectivity index (χ4v) is 3.23. The molecule has 2 N–H and O–H groups in total. The lowest BCUT2D eigenvalue weighted by Gasteiger charge is -2.05. The number of aromatic nitrogens is 1. The number of carboxylic acids is 1. The SMILES string of the molecule is COc1cc(C=Cc2nc3ccc(C(=O)O)cc3s2)cc([N+](=O)[O-])c1O. The summed E-state index contributed by atoms with van der Waals surface area (Å²) in [4.78, 5) is 25.7. The van der Waals surface area contributed by atoms with Crippen molar-refractivity contribution in [1.29, 1.82) is 0 Å². The summed E-state index contributed by atoms with van der Waals surface area (Å²) in [7, 11) is 1.31. The molecule has 1 heterocycles. The highest BCUT2D eigenvalue weighted by atomic mass is 32.1. The molecule has 9 heteroatoms. The Bertz CT molecular complexity index is 1060. The van der Waals surface area contributed by atoms with E-state index in [-0.39, 0.29) is 11.3 Å². The monoisotopic (exact) mass is 372 g/mol. The quantitative estimate of drug-likeness (QED) is 0.516. The normalized spacial score (nSPS) is 11.1. The molecular weight excluding hydrogens is 360 g/mol. The molecule has 0 unspecified atom stereocenters. The molecule has 26 heavy (non-hydrogen) atoms. The number of aromatic hydroxyl groups is 1. The van der Waals surface area contributed by atoms with Crippen LogP contribution in [0.2, 0.25) is 0 Å². The van der Waals surface area contributed by atoms with Gasteiger partial charge in [-0.25, -0.2) is 9.78 Å². The van der Waals surface area contributed by atoms with Crippen LogP contribution in [-0.4, -0.2) is 33.2 Å². The van der Waals surface area contributed by atoms with Crippen LogP contribution in [0.15, 0.2) is 30.3 Å². The number of hydrogen-bond donors (Lipinski definition) is 2. The van der Waals surface area contributed by atoms with Crippen molar-refractivity contribution in [3.63, 3.8) is 0 Å². The molecule has 0 bridgehead atoms. The van der Waals surface area contributed by atoms with Crippen molar-refractivity contribution in [3.05, 3.63) is 56.6 Å². The first-order chi connectivity index (χ1) is 12.4. The van der Waals surface area contributed by atoms with Gasteiger partial charge in [0.25, 0.3) is 0 Å². The minimum absolute atomic E-state index is 0.00532. The Morgan fingerprint density at radius 1 is 1.31 bits per heavy atom. The molecule has 0 amide bonds. The van der Waals surface area contributed by atoms with E-state index >= 15 is 0 Å². The zero-order valence-electron chi connectivity index (χ0n) is 13.4. The number of fused-ring (bicyclic) bond motifs is 1. The Labute approximate surface area is 150 Å². The highest BCUT2D eigenvalue weighted by molar-refractivity contribution is 7.19. The highest BCUT2D eigenvalue weighted by Gasteiger charge is 2.19. The van der Waals surface area contributed by atoms with Crippen molar-refractivity contribution in [1.82, 2.24) is 4.98 Å². The topological polar surface area (TPSA) is 123 Å². The van der Waals surface area contributed by atoms with Gasteiger partial charge in [0.15, 0.2) is 5.75 Å². The second kappa shape index (κ2) is 6.81. The predicted octanol–water partition coefficient (Wildman–Crippen LogP) is 3.79. The number of carboxylic acid groups (broad SMARTS) is 1. The molecule has 0 saturated carbocycles. The molecule has 0 spiro atoms. The van der Waals surface area contributed by atoms with Crippen LogP contribution < -0.4 is 4.74 Å². The lowest BCUT2D eigenvalue weighted by atomic mass is 10.1. The van der Waals surface area contributed by atoms with E-state index in [0.717, 1.165) is 4.70 Å². The molecule has 8 nitrogen and oxygen atoms in total. The maximum Gasteiger partial charge on any atom is 0.335 e. The molecule has 1 aromatic heterocycles. The van der Waals surface area contributed by atoms with Gasteiger partial charge in [-0.15, -0.1) is 11.3 Å². The smallest absolute Gasteiger partial charge is 0.335 e. The van der Waals surface area contributed by atoms with Crippen molar-refractivity contribution in [2.24, 2.45) is 0 Å². The Kier molecular flexibility index (Phi) is 4.55. The average molecular weight is 372 g/mol. The van der Waals surface area contributed by atoms with Gasteiger partial charge in [0, 0.05) is 6.07 Å². The van der Waals surface area contributed by atoms with Gasteiger partial charge < -0.3 is 14.9 Å². The molecule has 0 saturated heterocycles. The second-order valence-corrected chi connectivity index (χ2v) is 6.28. The fraction of sp³-hybridized carbons (Fsp3) is 0.0588. The highest BCUT2D eigenvalue weighted by Crippen LogP contribution is 2.37. The summed E-state index contributed by atoms with van der Waals surface area (Å²) in [6.07, 6.45) is 3.26. The molecule has 3 rings (SSSR count). The molecule has 0 atom stereocenters. The minimum atomic E-state index is -1.01. The van der Waals surface area contributed by atoms with Crippen LogP contribution in [0.4, 0.5) is 5.69 Å². The zero-order valence-corrected chi connectivity index (χ0v) is 14.2. The molecule has 0 radical (unpaired) electrons. The van der Waals surface area contributed by atoms with Crippen LogP contribution in [0.3, 0.4) is 0 Å². The van der Waals surface area contributed by atoms with E-state index in [1.165, 1.54) is 36.6 Å². The molecule has 0 aliphatic carbocycles. The predicted molar refractivity (Wildman–Crippen MR) is 96.8 cm³/mol. The van der Waals surface area contributed by atoms with Gasteiger partial charge in [-0.3, -0.25) is 10.1 Å². The molecule has 3 aromatic rings. The molecular formula is C17H12N2O6S. The van der Waals surface area contributed by atoms with Crippen LogP contribution in [-0.2, 0) is 0 Å². The van der Waals surface area contributed by atoms with Crippen molar-refractivity contribution in [3.8, 4) is 11.5 Å². The second-order valence-electron chi connectivity index (χ2n) is 5.22. The number of benzene rings is 2. The molecule has 0 aliphatic heterocycles. The number of methoxy groups -OCH3 is 1. The average Bonchev–Trinajstić information content (AvgIpc) is 3.02. The van der Waals surface area contributed by atoms with E-state index < -0.39 is 22.3 Å². The lowest BCUT2D eigenvalue weighted by Crippen LogP contribution is -1.94. The van der Waals surface area contributed by atoms with Gasteiger partial charge in [0.05, 0.1) is 27.8 Å². The van der Waals surface area contributed by atoms with Gasteiger partial charge in [-0.2, -0.15) is 0 Å². The van der Waals surface area contributed by atoms with E-state index in [1.54, 1.807) is 24.3 Å². The first kappa shape index (κ1) is 17.4. The van der Waals surface area contributed by atoms with Crippen molar-refractivity contribution in [2.45, 2.75) is 0 Å². The fourth-order valence-electron chi connectivity index (χ4n) is 2.32. The Morgan fingerprint density at radius 2 is 2.08 bits per heavy atom. The number of aromatic carboxylic acids is 1. The number of carbonyl (C=O) groups is 1. The number of nitro groups is 1. The summed E-state index contributed by atoms with van der Waals surface area (Å²) >= 11 is 1.30. The third kappa shape index (κ3) is 3.33. The standard InChI is InChI=1S/C17H12N2O6S/c1-25-13-7-9(6-12(16(13)20)19(23)24)2-5-15-18-11-4-3-10(17(21)22)8-14(11)26-15/h2-8,20H,1H3,(H,21,22). The number of ether oxygens (including phenoxy) is 1. The third-order valence-electron chi connectivity index (χ3n) is 3.56. The first-order valence-electron chi connectivity index (χ1n) is 7.26. The van der Waals surface area contributed by atoms with E-state index in [1.807, 2.05) is 0 Å². The zero-order chi connectivity index (χ0) is 18.8. The van der Waals surface area contributed by atoms with Crippen LogP contribution in [0.5, 0.6) is 11.5 Å². The number of nitro benzene ring substituents is 1. The van der Waals surface area contributed by atoms with Crippen molar-refractivity contribution in [2.75, 3.05) is 7.11 Å². The summed E-state index contributed by atoms with van der Waals surface area (Å²) < 4.78 is 5.68. The number of thiazole rings is 1. The molecule has 2 aromatic carbocycles. The first-order valence-corrected chi connectivity index (χ1v) is 8.08. The number of rotatable bonds is 5. The Balaban J connectivity index is 1.97. The van der Waals surface area contributed by atoms with Crippen LogP contribution in [0.25, 0.3) is 22.4 Å². The van der Waals surface area contributed by atoms with Gasteiger partial charge in [0.1, 0.15) is 5.01 Å². The summed E-state index contributed by atoms with van der Waals surface area (Å²) in [6.45, 7) is 0. The minimum Gasteiger partial charge on any atom is -0.500 e. The van der Waals surface area contributed by atoms with Gasteiger partial charge in [-0.1, -0.05) is 6.08 Å². The maximum atomic E-state index is 11.0. The van der Waals surface area contributed by atoms with Gasteiger partial charge in [0.2, 0.25) is 5.75 Å². The largest absolute Gasteiger partial charge is 0.500 e. The van der Waals surface area contributed by atoms with E-state index in [9.17, 15) is 20.0 Å². The van der Waals surface area contributed by atoms with Crippen LogP contribution in [0.1, 0.15) is 20.9 Å². The third-order valence-corrected chi connectivity index (χ3v) is 4.55. The number of phenols is 1. The number of phenolic OH excluding ortho intramolecular Hbond substituents is 1. The van der Waals surface area contributed by atoms with Gasteiger partial charge in [-0.05, 0) is 35.9 Å². The van der Waals surface area contributed by atoms with Crippen LogP contribution >= 0.6 is 11.3 Å². The summed E-state index contributed by atoms with van der Waals surface area (Å²) in [5, 5.41) is 30.5. The summed E-state index contributed by atoms with van der Waals surface area (Å²) in [5.41, 5.74) is 0.834. The number of hydrogen-bond acceptors (Lipinski definition) is 7. The maximum absolute atomic E-state index is 11.0. The van der Waals surface area contributed by atoms with E-state index in [0.29, 0.717) is 16.1 Å². The lowest BCUT2D eigenvalue weighted by molar-refractivity contribution is -0.386. The Morgan fingerprint density at radius 3 is 2.73 bits per heavy atom. The Hall–Kier alpha value is -3.46. The van der Waals surface area contributed by atoms with Crippen LogP contribution in [0, 0.1) is 10.1 Å². The number of nitrogens with zero attached hydrogens (tertiary/aromatic N) is 2. The van der Waals surface area contributed by atoms with Crippen molar-refractivity contribution < 1.29 is 24.7 Å². The molecule has 0 fully saturated rings. The van der Waals surface area contributed by atoms with E-state index in [2.05, 4.69) is 4.98 Å². The summed E-state index contributed by atoms with van der Waals surface area (Å²) in [6, 6.07) is 7.34. The van der Waals surface area contributed by atoms with Crippen molar-refractivity contribution >= 4 is 45.4 Å². The molecule has 132 valence electrons. The molecule has 0 aliphatic rings. The van der Waals surface area contributed by atoms with E-state index in [4.69, 9.17) is 9.84 Å². The van der Waals surface area contributed by atoms with Gasteiger partial charge >= 0.3 is 11.7 Å². The summed E-state index contributed by atoms with van der Waals surface area (Å²) in [5.74, 6) is -1.55.